The molecule has 2 rings (SSSR count). The number of ether oxygens (including phenoxy) is 3. The molecule has 21 heavy (non-hydrogen) atoms. The number of para-hydroxylation sites is 1. The van der Waals surface area contributed by atoms with E-state index in [4.69, 9.17) is 14.2 Å². The summed E-state index contributed by atoms with van der Waals surface area (Å²) in [5.74, 6) is 0.620. The van der Waals surface area contributed by atoms with E-state index in [0.717, 1.165) is 18.6 Å². The van der Waals surface area contributed by atoms with Crippen LogP contribution in [0.15, 0.2) is 30.3 Å². The monoisotopic (exact) mass is 293 g/mol. The van der Waals surface area contributed by atoms with Crippen LogP contribution in [-0.4, -0.2) is 45.0 Å². The first kappa shape index (κ1) is 15.8. The van der Waals surface area contributed by atoms with Crippen LogP contribution in [0.5, 0.6) is 5.75 Å². The zero-order chi connectivity index (χ0) is 14.9. The minimum Gasteiger partial charge on any atom is -0.491 e. The molecule has 0 spiro atoms. The zero-order valence-corrected chi connectivity index (χ0v) is 12.4. The van der Waals surface area contributed by atoms with Crippen LogP contribution in [0.3, 0.4) is 0 Å². The first-order valence-corrected chi connectivity index (χ1v) is 7.39. The van der Waals surface area contributed by atoms with Gasteiger partial charge in [0.1, 0.15) is 18.4 Å². The van der Waals surface area contributed by atoms with Gasteiger partial charge in [0.15, 0.2) is 0 Å². The lowest BCUT2D eigenvalue weighted by Gasteiger charge is -2.16. The summed E-state index contributed by atoms with van der Waals surface area (Å²) in [6.45, 7) is 1.52. The Hall–Kier alpha value is -1.59. The van der Waals surface area contributed by atoms with Crippen molar-refractivity contribution in [3.05, 3.63) is 30.3 Å². The first-order chi connectivity index (χ1) is 10.3. The lowest BCUT2D eigenvalue weighted by Crippen LogP contribution is -2.39. The van der Waals surface area contributed by atoms with Gasteiger partial charge in [0.2, 0.25) is 0 Å². The Morgan fingerprint density at radius 1 is 1.24 bits per heavy atom. The highest BCUT2D eigenvalue weighted by Gasteiger charge is 2.28. The highest BCUT2D eigenvalue weighted by molar-refractivity contribution is 5.75. The van der Waals surface area contributed by atoms with Gasteiger partial charge < -0.3 is 19.5 Å². The van der Waals surface area contributed by atoms with Gasteiger partial charge >= 0.3 is 5.97 Å². The average Bonchev–Trinajstić information content (AvgIpc) is 3.33. The van der Waals surface area contributed by atoms with E-state index in [2.05, 4.69) is 5.32 Å². The minimum absolute atomic E-state index is 0.217. The third kappa shape index (κ3) is 6.14. The summed E-state index contributed by atoms with van der Waals surface area (Å²) in [6, 6.07) is 9.83. The number of carbonyl (C=O) groups excluding carboxylic acids is 1. The summed E-state index contributed by atoms with van der Waals surface area (Å²) in [5, 5.41) is 3.27. The summed E-state index contributed by atoms with van der Waals surface area (Å²) < 4.78 is 15.8. The molecular formula is C16H23NO4. The number of benzene rings is 1. The number of hydrogen-bond acceptors (Lipinski definition) is 5. The van der Waals surface area contributed by atoms with Crippen LogP contribution in [0, 0.1) is 0 Å². The van der Waals surface area contributed by atoms with Gasteiger partial charge in [-0.1, -0.05) is 18.2 Å². The molecule has 0 radical (unpaired) electrons. The van der Waals surface area contributed by atoms with Crippen molar-refractivity contribution in [1.29, 1.82) is 0 Å². The predicted octanol–water partition coefficient (Wildman–Crippen LogP) is 1.77. The lowest BCUT2D eigenvalue weighted by atomic mass is 10.2. The molecule has 1 aliphatic rings. The van der Waals surface area contributed by atoms with E-state index in [1.165, 1.54) is 7.11 Å². The smallest absolute Gasteiger partial charge is 0.322 e. The molecule has 1 fully saturated rings. The Morgan fingerprint density at radius 3 is 2.67 bits per heavy atom. The van der Waals surface area contributed by atoms with Gasteiger partial charge in [-0.3, -0.25) is 4.79 Å². The quantitative estimate of drug-likeness (QED) is 0.526. The van der Waals surface area contributed by atoms with Crippen LogP contribution in [0.1, 0.15) is 19.3 Å². The Kier molecular flexibility index (Phi) is 6.50. The molecule has 0 amide bonds. The van der Waals surface area contributed by atoms with Gasteiger partial charge in [-0.05, 0) is 31.4 Å². The maximum Gasteiger partial charge on any atom is 0.322 e. The maximum atomic E-state index is 11.6. The van der Waals surface area contributed by atoms with Crippen LogP contribution in [0.25, 0.3) is 0 Å². The SMILES string of the molecule is COC(=O)C(CCOCCOc1ccccc1)NC1CC1. The molecule has 1 aromatic rings. The van der Waals surface area contributed by atoms with E-state index in [1.54, 1.807) is 0 Å². The number of esters is 1. The van der Waals surface area contributed by atoms with Gasteiger partial charge in [0.05, 0.1) is 13.7 Å². The highest BCUT2D eigenvalue weighted by Crippen LogP contribution is 2.20. The number of hydrogen-bond donors (Lipinski definition) is 1. The van der Waals surface area contributed by atoms with Crippen LogP contribution in [0.4, 0.5) is 0 Å². The Morgan fingerprint density at radius 2 is 2.00 bits per heavy atom. The molecule has 1 atom stereocenters. The molecule has 1 N–H and O–H groups in total. The summed E-state index contributed by atoms with van der Waals surface area (Å²) in [4.78, 5) is 11.6. The Bertz CT molecular complexity index is 420. The van der Waals surface area contributed by atoms with Gasteiger partial charge in [0, 0.05) is 12.6 Å². The summed E-state index contributed by atoms with van der Waals surface area (Å²) in [5.41, 5.74) is 0. The molecule has 0 saturated heterocycles. The molecule has 116 valence electrons. The predicted molar refractivity (Wildman–Crippen MR) is 79.3 cm³/mol. The van der Waals surface area contributed by atoms with E-state index in [9.17, 15) is 4.79 Å². The third-order valence-electron chi connectivity index (χ3n) is 3.29. The molecule has 5 nitrogen and oxygen atoms in total. The second-order valence-electron chi connectivity index (χ2n) is 5.08. The fraction of sp³-hybridized carbons (Fsp3) is 0.562. The molecule has 0 heterocycles. The van der Waals surface area contributed by atoms with Gasteiger partial charge in [-0.15, -0.1) is 0 Å². The second kappa shape index (κ2) is 8.64. The summed E-state index contributed by atoms with van der Waals surface area (Å²) in [7, 11) is 1.42. The molecule has 1 unspecified atom stereocenters. The van der Waals surface area contributed by atoms with Crippen LogP contribution >= 0.6 is 0 Å². The molecule has 1 aromatic carbocycles. The molecule has 5 heteroatoms. The van der Waals surface area contributed by atoms with Crippen molar-refractivity contribution in [1.82, 2.24) is 5.32 Å². The van der Waals surface area contributed by atoms with E-state index < -0.39 is 0 Å². The van der Waals surface area contributed by atoms with Crippen molar-refractivity contribution >= 4 is 5.97 Å². The number of nitrogens with one attached hydrogen (secondary N) is 1. The maximum absolute atomic E-state index is 11.6. The topological polar surface area (TPSA) is 56.8 Å². The van der Waals surface area contributed by atoms with Crippen molar-refractivity contribution in [3.63, 3.8) is 0 Å². The zero-order valence-electron chi connectivity index (χ0n) is 12.4. The van der Waals surface area contributed by atoms with Crippen molar-refractivity contribution in [2.45, 2.75) is 31.3 Å². The molecule has 1 saturated carbocycles. The van der Waals surface area contributed by atoms with Crippen LogP contribution < -0.4 is 10.1 Å². The molecular weight excluding hydrogens is 270 g/mol. The van der Waals surface area contributed by atoms with Crippen LogP contribution in [-0.2, 0) is 14.3 Å². The number of carbonyl (C=O) groups is 1. The fourth-order valence-electron chi connectivity index (χ4n) is 1.98. The van der Waals surface area contributed by atoms with Crippen molar-refractivity contribution in [3.8, 4) is 5.75 Å². The average molecular weight is 293 g/mol. The van der Waals surface area contributed by atoms with E-state index in [-0.39, 0.29) is 12.0 Å². The highest BCUT2D eigenvalue weighted by atomic mass is 16.5. The van der Waals surface area contributed by atoms with Crippen LogP contribution in [0.2, 0.25) is 0 Å². The molecule has 0 bridgehead atoms. The number of rotatable bonds is 10. The standard InChI is InChI=1S/C16H23NO4/c1-19-16(18)15(17-13-7-8-13)9-10-20-11-12-21-14-5-3-2-4-6-14/h2-6,13,15,17H,7-12H2,1H3. The Balaban J connectivity index is 1.55. The van der Waals surface area contributed by atoms with Crippen molar-refractivity contribution < 1.29 is 19.0 Å². The van der Waals surface area contributed by atoms with Gasteiger partial charge in [-0.25, -0.2) is 0 Å². The largest absolute Gasteiger partial charge is 0.491 e. The van der Waals surface area contributed by atoms with Gasteiger partial charge in [-0.2, -0.15) is 0 Å². The third-order valence-corrected chi connectivity index (χ3v) is 3.29. The van der Waals surface area contributed by atoms with E-state index in [1.807, 2.05) is 30.3 Å². The molecule has 0 aromatic heterocycles. The lowest BCUT2D eigenvalue weighted by molar-refractivity contribution is -0.143. The minimum atomic E-state index is -0.266. The fourth-order valence-corrected chi connectivity index (χ4v) is 1.98. The van der Waals surface area contributed by atoms with Gasteiger partial charge in [0.25, 0.3) is 0 Å². The Labute approximate surface area is 125 Å². The normalized spacial score (nSPS) is 15.5. The molecule has 1 aliphatic carbocycles. The van der Waals surface area contributed by atoms with E-state index in [0.29, 0.717) is 32.3 Å². The first-order valence-electron chi connectivity index (χ1n) is 7.39. The number of methoxy groups -OCH3 is 1. The molecule has 0 aliphatic heterocycles. The second-order valence-corrected chi connectivity index (χ2v) is 5.08. The van der Waals surface area contributed by atoms with Crippen molar-refractivity contribution in [2.24, 2.45) is 0 Å². The van der Waals surface area contributed by atoms with Crippen molar-refractivity contribution in [2.75, 3.05) is 26.9 Å². The van der Waals surface area contributed by atoms with E-state index >= 15 is 0 Å². The summed E-state index contributed by atoms with van der Waals surface area (Å²) in [6.07, 6.45) is 2.90. The summed E-state index contributed by atoms with van der Waals surface area (Å²) >= 11 is 0.